The summed E-state index contributed by atoms with van der Waals surface area (Å²) >= 11 is 1.38. The van der Waals surface area contributed by atoms with E-state index in [9.17, 15) is 9.18 Å². The number of anilines is 1. The van der Waals surface area contributed by atoms with Crippen LogP contribution in [0, 0.1) is 0 Å². The van der Waals surface area contributed by atoms with Crippen molar-refractivity contribution in [1.29, 1.82) is 0 Å². The number of hydrogen-bond acceptors (Lipinski definition) is 9. The lowest BCUT2D eigenvalue weighted by atomic mass is 10.0. The maximum absolute atomic E-state index is 14.1. The lowest BCUT2D eigenvalue weighted by Gasteiger charge is -2.12. The van der Waals surface area contributed by atoms with Gasteiger partial charge in [-0.1, -0.05) is 17.4 Å². The number of aromatic nitrogens is 5. The molecule has 2 atom stereocenters. The van der Waals surface area contributed by atoms with Crippen molar-refractivity contribution in [2.45, 2.75) is 12.2 Å². The number of H-pyrrole nitrogens is 1. The summed E-state index contributed by atoms with van der Waals surface area (Å²) in [5, 5.41) is 18.9. The Morgan fingerprint density at radius 1 is 1.29 bits per heavy atom. The highest BCUT2D eigenvalue weighted by Crippen LogP contribution is 2.35. The summed E-state index contributed by atoms with van der Waals surface area (Å²) in [5.41, 5.74) is 3.35. The van der Waals surface area contributed by atoms with E-state index in [1.807, 2.05) is 30.1 Å². The molecule has 1 aliphatic rings. The van der Waals surface area contributed by atoms with Gasteiger partial charge in [0.05, 0.1) is 22.6 Å². The highest BCUT2D eigenvalue weighted by atomic mass is 32.1. The molecule has 0 amide bonds. The molecule has 0 unspecified atom stereocenters. The van der Waals surface area contributed by atoms with E-state index in [1.165, 1.54) is 11.3 Å². The van der Waals surface area contributed by atoms with Gasteiger partial charge in [0.25, 0.3) is 6.47 Å². The number of fused-ring (bicyclic) bond motifs is 1. The third-order valence-corrected chi connectivity index (χ3v) is 6.08. The van der Waals surface area contributed by atoms with Crippen LogP contribution >= 0.6 is 11.3 Å². The Bertz CT molecular complexity index is 1230. The van der Waals surface area contributed by atoms with Crippen LogP contribution in [0.2, 0.25) is 0 Å². The maximum Gasteiger partial charge on any atom is 0.298 e. The molecule has 4 heterocycles. The predicted octanol–water partition coefficient (Wildman–Crippen LogP) is 2.74. The van der Waals surface area contributed by atoms with Crippen molar-refractivity contribution in [1.82, 2.24) is 30.3 Å². The summed E-state index contributed by atoms with van der Waals surface area (Å²) in [5.74, 6) is 0.361. The first-order valence-electron chi connectivity index (χ1n) is 9.58. The first-order chi connectivity index (χ1) is 15.1. The lowest BCUT2D eigenvalue weighted by molar-refractivity contribution is -0.120. The zero-order valence-corrected chi connectivity index (χ0v) is 17.3. The first-order valence-corrected chi connectivity index (χ1v) is 10.4. The summed E-state index contributed by atoms with van der Waals surface area (Å²) in [4.78, 5) is 17.4. The number of benzene rings is 1. The van der Waals surface area contributed by atoms with Crippen molar-refractivity contribution in [2.24, 2.45) is 0 Å². The number of likely N-dealkylation sites (N-methyl/N-ethyl adjacent to an activating group) is 1. The summed E-state index contributed by atoms with van der Waals surface area (Å²) in [6.45, 7) is 1.40. The Morgan fingerprint density at radius 3 is 2.94 bits per heavy atom. The van der Waals surface area contributed by atoms with E-state index in [0.29, 0.717) is 47.3 Å². The fourth-order valence-corrected chi connectivity index (χ4v) is 4.55. The maximum atomic E-state index is 14.1. The second kappa shape index (κ2) is 8.00. The molecule has 0 spiro atoms. The molecule has 0 aliphatic carbocycles. The minimum atomic E-state index is -0.949. The Morgan fingerprint density at radius 2 is 2.19 bits per heavy atom. The Labute approximate surface area is 180 Å². The molecule has 31 heavy (non-hydrogen) atoms. The van der Waals surface area contributed by atoms with Gasteiger partial charge < -0.3 is 15.0 Å². The smallest absolute Gasteiger partial charge is 0.298 e. The van der Waals surface area contributed by atoms with E-state index in [0.717, 1.165) is 15.8 Å². The van der Waals surface area contributed by atoms with Gasteiger partial charge in [-0.3, -0.25) is 9.89 Å². The van der Waals surface area contributed by atoms with Crippen LogP contribution in [-0.4, -0.2) is 69.1 Å². The number of nitrogens with zero attached hydrogens (tertiary/aromatic N) is 5. The molecule has 5 rings (SSSR count). The Hall–Kier alpha value is -3.44. The molecule has 0 bridgehead atoms. The van der Waals surface area contributed by atoms with Gasteiger partial charge in [0.15, 0.2) is 10.8 Å². The van der Waals surface area contributed by atoms with Crippen molar-refractivity contribution < 1.29 is 13.9 Å². The van der Waals surface area contributed by atoms with Crippen LogP contribution in [-0.2, 0) is 4.79 Å². The van der Waals surface area contributed by atoms with Crippen molar-refractivity contribution in [2.75, 3.05) is 25.5 Å². The Kier molecular flexibility index (Phi) is 5.04. The number of likely N-dealkylation sites (tertiary alicyclic amines) is 1. The quantitative estimate of drug-likeness (QED) is 0.442. The number of hydrogen-bond donors (Lipinski definition) is 2. The molecule has 1 fully saturated rings. The predicted molar refractivity (Wildman–Crippen MR) is 115 cm³/mol. The van der Waals surface area contributed by atoms with Crippen molar-refractivity contribution in [3.05, 3.63) is 36.7 Å². The summed E-state index contributed by atoms with van der Waals surface area (Å²) in [6, 6.07) is 6.99. The molecule has 3 aromatic heterocycles. The standard InChI is InChI=1S/C20H18FN7O2S/c1-28-8-14(21)16(9-28)24-20-25-19-18(31-20)5-15(26-27-19)13-3-2-11(4-17(13)30-10-29)12-6-22-23-7-12/h2-7,10,14,16H,8-9H2,1H3,(H,22,23)(H,24,25,27)/t14-,16+/m0/s1. The molecule has 4 aromatic rings. The average Bonchev–Trinajstić information content (AvgIpc) is 3.48. The number of rotatable bonds is 6. The largest absolute Gasteiger partial charge is 0.428 e. The fourth-order valence-electron chi connectivity index (χ4n) is 3.65. The molecule has 1 saturated heterocycles. The van der Waals surface area contributed by atoms with Gasteiger partial charge in [-0.2, -0.15) is 10.1 Å². The third kappa shape index (κ3) is 3.84. The summed E-state index contributed by atoms with van der Waals surface area (Å²) in [6.07, 6.45) is 2.48. The van der Waals surface area contributed by atoms with Gasteiger partial charge in [0.2, 0.25) is 0 Å². The van der Waals surface area contributed by atoms with Gasteiger partial charge >= 0.3 is 0 Å². The van der Waals surface area contributed by atoms with E-state index in [4.69, 9.17) is 4.74 Å². The van der Waals surface area contributed by atoms with Crippen LogP contribution in [0.5, 0.6) is 5.75 Å². The van der Waals surface area contributed by atoms with E-state index in [2.05, 4.69) is 30.7 Å². The van der Waals surface area contributed by atoms with Gasteiger partial charge in [0.1, 0.15) is 11.9 Å². The van der Waals surface area contributed by atoms with Crippen LogP contribution < -0.4 is 10.1 Å². The average molecular weight is 439 g/mol. The van der Waals surface area contributed by atoms with Crippen LogP contribution in [0.3, 0.4) is 0 Å². The van der Waals surface area contributed by atoms with E-state index in [-0.39, 0.29) is 6.04 Å². The van der Waals surface area contributed by atoms with Crippen LogP contribution in [0.15, 0.2) is 36.7 Å². The SMILES string of the molecule is CN1C[C@H](F)[C@H](Nc2nc3nnc(-c4ccc(-c5cn[nH]c5)cc4OC=O)cc3s2)C1. The number of carbonyl (C=O) groups excluding carboxylic acids is 1. The van der Waals surface area contributed by atoms with Gasteiger partial charge in [0, 0.05) is 30.4 Å². The van der Waals surface area contributed by atoms with Gasteiger partial charge in [-0.05, 0) is 30.8 Å². The molecular formula is C20H18FN7O2S. The minimum absolute atomic E-state index is 0.305. The number of halogens is 1. The third-order valence-electron chi connectivity index (χ3n) is 5.16. The van der Waals surface area contributed by atoms with E-state index in [1.54, 1.807) is 18.5 Å². The van der Waals surface area contributed by atoms with Crippen molar-refractivity contribution in [3.63, 3.8) is 0 Å². The number of alkyl halides is 1. The molecule has 1 aliphatic heterocycles. The van der Waals surface area contributed by atoms with Crippen LogP contribution in [0.25, 0.3) is 32.7 Å². The summed E-state index contributed by atoms with van der Waals surface area (Å²) < 4.78 is 20.1. The number of aromatic amines is 1. The number of carbonyl (C=O) groups is 1. The van der Waals surface area contributed by atoms with Crippen molar-refractivity contribution >= 4 is 33.3 Å². The molecular weight excluding hydrogens is 421 g/mol. The number of nitrogens with one attached hydrogen (secondary N) is 2. The summed E-state index contributed by atoms with van der Waals surface area (Å²) in [7, 11) is 1.89. The highest BCUT2D eigenvalue weighted by Gasteiger charge is 2.31. The van der Waals surface area contributed by atoms with Crippen LogP contribution in [0.1, 0.15) is 0 Å². The molecule has 11 heteroatoms. The second-order valence-corrected chi connectivity index (χ2v) is 8.37. The zero-order chi connectivity index (χ0) is 21.4. The van der Waals surface area contributed by atoms with Gasteiger partial charge in [-0.15, -0.1) is 10.2 Å². The number of ether oxygens (including phenoxy) is 1. The van der Waals surface area contributed by atoms with E-state index >= 15 is 0 Å². The molecule has 1 aromatic carbocycles. The minimum Gasteiger partial charge on any atom is -0.428 e. The molecule has 158 valence electrons. The molecule has 0 saturated carbocycles. The zero-order valence-electron chi connectivity index (χ0n) is 16.4. The Balaban J connectivity index is 1.46. The lowest BCUT2D eigenvalue weighted by Crippen LogP contribution is -2.29. The fraction of sp³-hybridized carbons (Fsp3) is 0.250. The molecule has 2 N–H and O–H groups in total. The topological polar surface area (TPSA) is 109 Å². The molecule has 9 nitrogen and oxygen atoms in total. The molecule has 0 radical (unpaired) electrons. The first kappa shape index (κ1) is 19.5. The van der Waals surface area contributed by atoms with E-state index < -0.39 is 6.17 Å². The van der Waals surface area contributed by atoms with Crippen molar-refractivity contribution in [3.8, 4) is 28.1 Å². The normalized spacial score (nSPS) is 19.0. The monoisotopic (exact) mass is 439 g/mol. The van der Waals surface area contributed by atoms with Crippen LogP contribution in [0.4, 0.5) is 9.52 Å². The number of thiazole rings is 1. The highest BCUT2D eigenvalue weighted by molar-refractivity contribution is 7.22. The van der Waals surface area contributed by atoms with Gasteiger partial charge in [-0.25, -0.2) is 4.39 Å². The second-order valence-electron chi connectivity index (χ2n) is 7.34.